The van der Waals surface area contributed by atoms with Crippen LogP contribution in [-0.4, -0.2) is 37.0 Å². The number of amides is 5. The van der Waals surface area contributed by atoms with E-state index in [0.29, 0.717) is 28.1 Å². The van der Waals surface area contributed by atoms with Crippen LogP contribution < -0.4 is 25.0 Å². The van der Waals surface area contributed by atoms with Crippen LogP contribution in [0.1, 0.15) is 23.6 Å². The molecule has 0 unspecified atom stereocenters. The van der Waals surface area contributed by atoms with Gasteiger partial charge in [-0.15, -0.1) is 0 Å². The Morgan fingerprint density at radius 3 is 2.41 bits per heavy atom. The zero-order valence-corrected chi connectivity index (χ0v) is 23.1. The summed E-state index contributed by atoms with van der Waals surface area (Å²) < 4.78 is 11.8. The molecule has 9 nitrogen and oxygen atoms in total. The molecule has 200 valence electrons. The number of anilines is 2. The first-order valence-electron chi connectivity index (χ1n) is 12.1. The number of hydrogen-bond donors (Lipinski definition) is 2. The lowest BCUT2D eigenvalue weighted by Gasteiger charge is -2.26. The van der Waals surface area contributed by atoms with Crippen LogP contribution in [0, 0.1) is 13.8 Å². The van der Waals surface area contributed by atoms with Crippen LogP contribution in [0.4, 0.5) is 16.2 Å². The summed E-state index contributed by atoms with van der Waals surface area (Å²) in [6.07, 6.45) is 1.33. The van der Waals surface area contributed by atoms with Gasteiger partial charge in [-0.25, -0.2) is 9.69 Å². The molecular weight excluding hydrogens is 566 g/mol. The fourth-order valence-electron chi connectivity index (χ4n) is 3.83. The fraction of sp³-hybridized carbons (Fsp3) is 0.172. The maximum atomic E-state index is 13.3. The second-order valence-electron chi connectivity index (χ2n) is 8.70. The highest BCUT2D eigenvalue weighted by Crippen LogP contribution is 2.29. The molecule has 3 aromatic carbocycles. The van der Waals surface area contributed by atoms with E-state index in [2.05, 4.69) is 26.6 Å². The third-order valence-electron chi connectivity index (χ3n) is 5.93. The molecular formula is C29H26BrN3O6. The Labute approximate surface area is 233 Å². The van der Waals surface area contributed by atoms with Crippen molar-refractivity contribution in [2.24, 2.45) is 0 Å². The number of rotatable bonds is 8. The van der Waals surface area contributed by atoms with Gasteiger partial charge in [-0.05, 0) is 92.6 Å². The monoisotopic (exact) mass is 591 g/mol. The molecule has 0 bridgehead atoms. The Morgan fingerprint density at radius 1 is 0.974 bits per heavy atom. The molecule has 1 saturated heterocycles. The van der Waals surface area contributed by atoms with Gasteiger partial charge in [0.1, 0.15) is 17.1 Å². The van der Waals surface area contributed by atoms with Crippen molar-refractivity contribution in [3.05, 3.63) is 87.4 Å². The van der Waals surface area contributed by atoms with Crippen molar-refractivity contribution in [2.45, 2.75) is 20.8 Å². The summed E-state index contributed by atoms with van der Waals surface area (Å²) in [6.45, 7) is 5.94. The van der Waals surface area contributed by atoms with E-state index in [-0.39, 0.29) is 29.5 Å². The average molecular weight is 592 g/mol. The number of carbonyl (C=O) groups is 4. The number of urea groups is 1. The van der Waals surface area contributed by atoms with E-state index in [0.717, 1.165) is 16.0 Å². The van der Waals surface area contributed by atoms with Crippen molar-refractivity contribution in [1.82, 2.24) is 5.32 Å². The highest BCUT2D eigenvalue weighted by Gasteiger charge is 2.37. The molecule has 1 aliphatic heterocycles. The maximum Gasteiger partial charge on any atom is 0.335 e. The van der Waals surface area contributed by atoms with Crippen molar-refractivity contribution >= 4 is 57.1 Å². The Bertz CT molecular complexity index is 1480. The molecule has 3 aromatic rings. The number of hydrogen-bond acceptors (Lipinski definition) is 6. The van der Waals surface area contributed by atoms with Gasteiger partial charge in [0.2, 0.25) is 0 Å². The summed E-state index contributed by atoms with van der Waals surface area (Å²) in [5.41, 5.74) is 3.17. The van der Waals surface area contributed by atoms with Gasteiger partial charge in [0.05, 0.1) is 12.3 Å². The van der Waals surface area contributed by atoms with Crippen molar-refractivity contribution in [3.8, 4) is 11.5 Å². The Morgan fingerprint density at radius 2 is 1.72 bits per heavy atom. The summed E-state index contributed by atoms with van der Waals surface area (Å²) in [6, 6.07) is 16.0. The standard InChI is InChI=1S/C29H26BrN3O6/c1-4-38-23-10-8-22(9-11-23)33-28(36)24(27(35)32-29(33)37)15-19-14-20(30)6-12-25(19)39-16-26(34)31-21-7-5-17(2)18(3)13-21/h5-15H,4,16H2,1-3H3,(H,31,34)(H,32,35,37)/b24-15+. The molecule has 5 amide bonds. The molecule has 0 aromatic heterocycles. The van der Waals surface area contributed by atoms with Crippen molar-refractivity contribution in [1.29, 1.82) is 0 Å². The van der Waals surface area contributed by atoms with Crippen LogP contribution in [0.15, 0.2) is 70.7 Å². The number of nitrogens with zero attached hydrogens (tertiary/aromatic N) is 1. The molecule has 0 radical (unpaired) electrons. The number of imide groups is 2. The van der Waals surface area contributed by atoms with Gasteiger partial charge in [-0.3, -0.25) is 19.7 Å². The summed E-state index contributed by atoms with van der Waals surface area (Å²) in [7, 11) is 0. The minimum Gasteiger partial charge on any atom is -0.494 e. The van der Waals surface area contributed by atoms with Crippen LogP contribution in [0.3, 0.4) is 0 Å². The summed E-state index contributed by atoms with van der Waals surface area (Å²) >= 11 is 3.38. The smallest absolute Gasteiger partial charge is 0.335 e. The van der Waals surface area contributed by atoms with Crippen LogP contribution in [-0.2, 0) is 14.4 Å². The predicted octanol–water partition coefficient (Wildman–Crippen LogP) is 5.15. The van der Waals surface area contributed by atoms with Crippen LogP contribution >= 0.6 is 15.9 Å². The molecule has 0 saturated carbocycles. The van der Waals surface area contributed by atoms with E-state index in [1.54, 1.807) is 48.5 Å². The largest absolute Gasteiger partial charge is 0.494 e. The summed E-state index contributed by atoms with van der Waals surface area (Å²) in [4.78, 5) is 51.9. The van der Waals surface area contributed by atoms with E-state index < -0.39 is 17.8 Å². The summed E-state index contributed by atoms with van der Waals surface area (Å²) in [5, 5.41) is 4.99. The molecule has 2 N–H and O–H groups in total. The quantitative estimate of drug-likeness (QED) is 0.277. The molecule has 1 aliphatic rings. The molecule has 1 fully saturated rings. The van der Waals surface area contributed by atoms with Crippen molar-refractivity contribution in [3.63, 3.8) is 0 Å². The highest BCUT2D eigenvalue weighted by atomic mass is 79.9. The zero-order valence-electron chi connectivity index (χ0n) is 21.5. The Balaban J connectivity index is 1.56. The molecule has 0 spiro atoms. The molecule has 0 atom stereocenters. The van der Waals surface area contributed by atoms with E-state index >= 15 is 0 Å². The van der Waals surface area contributed by atoms with E-state index in [9.17, 15) is 19.2 Å². The first-order valence-corrected chi connectivity index (χ1v) is 12.9. The predicted molar refractivity (Wildman–Crippen MR) is 151 cm³/mol. The van der Waals surface area contributed by atoms with Gasteiger partial charge < -0.3 is 14.8 Å². The van der Waals surface area contributed by atoms with Crippen LogP contribution in [0.2, 0.25) is 0 Å². The van der Waals surface area contributed by atoms with Gasteiger partial charge in [0, 0.05) is 15.7 Å². The Kier molecular flexibility index (Phi) is 8.46. The SMILES string of the molecule is CCOc1ccc(N2C(=O)NC(=O)/C(=C\c3cc(Br)ccc3OCC(=O)Nc3ccc(C)c(C)c3)C2=O)cc1. The third-order valence-corrected chi connectivity index (χ3v) is 6.42. The van der Waals surface area contributed by atoms with E-state index in [4.69, 9.17) is 9.47 Å². The van der Waals surface area contributed by atoms with Gasteiger partial charge in [-0.2, -0.15) is 0 Å². The lowest BCUT2D eigenvalue weighted by Crippen LogP contribution is -2.54. The molecule has 1 heterocycles. The van der Waals surface area contributed by atoms with Gasteiger partial charge in [-0.1, -0.05) is 22.0 Å². The number of halogens is 1. The zero-order chi connectivity index (χ0) is 28.1. The number of ether oxygens (including phenoxy) is 2. The Hall–Kier alpha value is -4.44. The fourth-order valence-corrected chi connectivity index (χ4v) is 4.21. The first-order chi connectivity index (χ1) is 18.7. The normalized spacial score (nSPS) is 14.3. The molecule has 10 heteroatoms. The minimum atomic E-state index is -0.861. The lowest BCUT2D eigenvalue weighted by molar-refractivity contribution is -0.122. The number of benzene rings is 3. The number of aryl methyl sites for hydroxylation is 2. The van der Waals surface area contributed by atoms with Gasteiger partial charge in [0.25, 0.3) is 17.7 Å². The average Bonchev–Trinajstić information content (AvgIpc) is 2.89. The lowest BCUT2D eigenvalue weighted by atomic mass is 10.1. The van der Waals surface area contributed by atoms with Crippen molar-refractivity contribution in [2.75, 3.05) is 23.4 Å². The molecule has 4 rings (SSSR count). The second kappa shape index (κ2) is 12.0. The van der Waals surface area contributed by atoms with Crippen LogP contribution in [0.5, 0.6) is 11.5 Å². The number of barbiturate groups is 1. The third kappa shape index (κ3) is 6.53. The topological polar surface area (TPSA) is 114 Å². The van der Waals surface area contributed by atoms with E-state index in [1.165, 1.54) is 6.08 Å². The highest BCUT2D eigenvalue weighted by molar-refractivity contribution is 9.10. The first kappa shape index (κ1) is 27.6. The molecule has 0 aliphatic carbocycles. The number of carbonyl (C=O) groups excluding carboxylic acids is 4. The maximum absolute atomic E-state index is 13.3. The second-order valence-corrected chi connectivity index (χ2v) is 9.62. The molecule has 39 heavy (non-hydrogen) atoms. The summed E-state index contributed by atoms with van der Waals surface area (Å²) in [5.74, 6) is -1.17. The van der Waals surface area contributed by atoms with Crippen molar-refractivity contribution < 1.29 is 28.7 Å². The van der Waals surface area contributed by atoms with Gasteiger partial charge >= 0.3 is 6.03 Å². The van der Waals surface area contributed by atoms with E-state index in [1.807, 2.05) is 32.9 Å². The van der Waals surface area contributed by atoms with Gasteiger partial charge in [0.15, 0.2) is 6.61 Å². The number of nitrogens with one attached hydrogen (secondary N) is 2. The minimum absolute atomic E-state index is 0.269. The van der Waals surface area contributed by atoms with Crippen LogP contribution in [0.25, 0.3) is 6.08 Å².